The molecule has 28 heavy (non-hydrogen) atoms. The Morgan fingerprint density at radius 3 is 2.57 bits per heavy atom. The number of amides is 1. The SMILES string of the molecule is Cc1cc(C(=O)Nc2ccc3c(c2)OCCO3)nc(Nc2ccccc2C)n1. The molecule has 2 heterocycles. The highest BCUT2D eigenvalue weighted by Gasteiger charge is 2.15. The van der Waals surface area contributed by atoms with Crippen molar-refractivity contribution in [1.82, 2.24) is 9.97 Å². The van der Waals surface area contributed by atoms with E-state index in [0.717, 1.165) is 11.3 Å². The van der Waals surface area contributed by atoms with Gasteiger partial charge in [-0.15, -0.1) is 0 Å². The number of carbonyl (C=O) groups is 1. The average Bonchev–Trinajstić information content (AvgIpc) is 2.69. The fourth-order valence-electron chi connectivity index (χ4n) is 2.89. The van der Waals surface area contributed by atoms with Crippen LogP contribution in [0.15, 0.2) is 48.5 Å². The molecule has 7 nitrogen and oxygen atoms in total. The first-order valence-electron chi connectivity index (χ1n) is 8.98. The minimum atomic E-state index is -0.324. The maximum atomic E-state index is 12.7. The third kappa shape index (κ3) is 3.88. The van der Waals surface area contributed by atoms with Crippen LogP contribution in [0.4, 0.5) is 17.3 Å². The minimum Gasteiger partial charge on any atom is -0.486 e. The third-order valence-corrected chi connectivity index (χ3v) is 4.28. The predicted molar refractivity (Wildman–Crippen MR) is 107 cm³/mol. The van der Waals surface area contributed by atoms with E-state index in [-0.39, 0.29) is 11.6 Å². The van der Waals surface area contributed by atoms with Crippen LogP contribution < -0.4 is 20.1 Å². The van der Waals surface area contributed by atoms with E-state index < -0.39 is 0 Å². The molecule has 0 fully saturated rings. The van der Waals surface area contributed by atoms with Crippen LogP contribution in [0.3, 0.4) is 0 Å². The lowest BCUT2D eigenvalue weighted by Crippen LogP contribution is -2.17. The summed E-state index contributed by atoms with van der Waals surface area (Å²) in [6.07, 6.45) is 0. The first-order chi connectivity index (χ1) is 13.6. The minimum absolute atomic E-state index is 0.276. The quantitative estimate of drug-likeness (QED) is 0.719. The number of fused-ring (bicyclic) bond motifs is 1. The van der Waals surface area contributed by atoms with E-state index in [0.29, 0.717) is 42.0 Å². The highest BCUT2D eigenvalue weighted by Crippen LogP contribution is 2.32. The number of para-hydroxylation sites is 1. The Bertz CT molecular complexity index is 1040. The van der Waals surface area contributed by atoms with Crippen LogP contribution in [0.5, 0.6) is 11.5 Å². The number of anilines is 3. The third-order valence-electron chi connectivity index (χ3n) is 4.28. The van der Waals surface area contributed by atoms with Crippen molar-refractivity contribution in [2.24, 2.45) is 0 Å². The molecule has 0 aliphatic carbocycles. The van der Waals surface area contributed by atoms with Gasteiger partial charge in [0.05, 0.1) is 0 Å². The molecule has 1 aliphatic heterocycles. The van der Waals surface area contributed by atoms with Gasteiger partial charge in [-0.2, -0.15) is 0 Å². The number of carbonyl (C=O) groups excluding carboxylic acids is 1. The second-order valence-corrected chi connectivity index (χ2v) is 6.47. The van der Waals surface area contributed by atoms with Crippen LogP contribution in [0, 0.1) is 13.8 Å². The van der Waals surface area contributed by atoms with Gasteiger partial charge in [0.1, 0.15) is 18.9 Å². The molecule has 4 rings (SSSR count). The zero-order chi connectivity index (χ0) is 19.5. The number of rotatable bonds is 4. The van der Waals surface area contributed by atoms with Crippen LogP contribution in [-0.4, -0.2) is 29.1 Å². The molecule has 7 heteroatoms. The number of aryl methyl sites for hydroxylation is 2. The summed E-state index contributed by atoms with van der Waals surface area (Å²) in [5, 5.41) is 6.02. The Kier molecular flexibility index (Phi) is 4.80. The molecule has 1 amide bonds. The second kappa shape index (κ2) is 7.56. The summed E-state index contributed by atoms with van der Waals surface area (Å²) < 4.78 is 11.1. The predicted octanol–water partition coefficient (Wildman–Crippen LogP) is 3.86. The van der Waals surface area contributed by atoms with E-state index in [1.807, 2.05) is 38.1 Å². The van der Waals surface area contributed by atoms with Gasteiger partial charge < -0.3 is 20.1 Å². The molecular weight excluding hydrogens is 356 g/mol. The fourth-order valence-corrected chi connectivity index (χ4v) is 2.89. The average molecular weight is 376 g/mol. The van der Waals surface area contributed by atoms with Crippen LogP contribution in [0.2, 0.25) is 0 Å². The summed E-state index contributed by atoms with van der Waals surface area (Å²) in [5.74, 6) is 1.34. The summed E-state index contributed by atoms with van der Waals surface area (Å²) in [5.41, 5.74) is 3.54. The Morgan fingerprint density at radius 1 is 0.964 bits per heavy atom. The van der Waals surface area contributed by atoms with E-state index in [1.165, 1.54) is 0 Å². The molecule has 0 radical (unpaired) electrons. The van der Waals surface area contributed by atoms with Crippen molar-refractivity contribution in [3.63, 3.8) is 0 Å². The maximum absolute atomic E-state index is 12.7. The summed E-state index contributed by atoms with van der Waals surface area (Å²) in [6.45, 7) is 4.83. The fraction of sp³-hybridized carbons (Fsp3) is 0.190. The summed E-state index contributed by atoms with van der Waals surface area (Å²) in [7, 11) is 0. The van der Waals surface area contributed by atoms with Crippen molar-refractivity contribution < 1.29 is 14.3 Å². The number of nitrogens with one attached hydrogen (secondary N) is 2. The number of benzene rings is 2. The zero-order valence-corrected chi connectivity index (χ0v) is 15.7. The number of hydrogen-bond donors (Lipinski definition) is 2. The van der Waals surface area contributed by atoms with Crippen molar-refractivity contribution >= 4 is 23.2 Å². The van der Waals surface area contributed by atoms with Gasteiger partial charge in [-0.05, 0) is 43.7 Å². The Morgan fingerprint density at radius 2 is 1.75 bits per heavy atom. The Balaban J connectivity index is 1.54. The van der Waals surface area contributed by atoms with Gasteiger partial charge in [-0.25, -0.2) is 9.97 Å². The molecule has 0 unspecified atom stereocenters. The van der Waals surface area contributed by atoms with E-state index in [4.69, 9.17) is 9.47 Å². The number of aromatic nitrogens is 2. The van der Waals surface area contributed by atoms with Gasteiger partial charge in [0.2, 0.25) is 5.95 Å². The van der Waals surface area contributed by atoms with E-state index >= 15 is 0 Å². The zero-order valence-electron chi connectivity index (χ0n) is 15.7. The first kappa shape index (κ1) is 17.8. The van der Waals surface area contributed by atoms with E-state index in [1.54, 1.807) is 24.3 Å². The standard InChI is InChI=1S/C21H20N4O3/c1-13-5-3-4-6-16(13)24-21-22-14(2)11-17(25-21)20(26)23-15-7-8-18-19(12-15)28-10-9-27-18/h3-8,11-12H,9-10H2,1-2H3,(H,23,26)(H,22,24,25). The number of ether oxygens (including phenoxy) is 2. The molecule has 0 spiro atoms. The highest BCUT2D eigenvalue weighted by molar-refractivity contribution is 6.03. The van der Waals surface area contributed by atoms with Crippen LogP contribution in [-0.2, 0) is 0 Å². The molecular formula is C21H20N4O3. The second-order valence-electron chi connectivity index (χ2n) is 6.47. The molecule has 1 aromatic heterocycles. The smallest absolute Gasteiger partial charge is 0.274 e. The molecule has 0 bridgehead atoms. The first-order valence-corrected chi connectivity index (χ1v) is 8.98. The molecule has 1 aliphatic rings. The lowest BCUT2D eigenvalue weighted by molar-refractivity contribution is 0.102. The Labute approximate surface area is 162 Å². The monoisotopic (exact) mass is 376 g/mol. The van der Waals surface area contributed by atoms with Gasteiger partial charge in [-0.3, -0.25) is 4.79 Å². The number of hydrogen-bond acceptors (Lipinski definition) is 6. The van der Waals surface area contributed by atoms with Crippen LogP contribution >= 0.6 is 0 Å². The summed E-state index contributed by atoms with van der Waals surface area (Å²) in [6, 6.07) is 14.8. The molecule has 2 aromatic carbocycles. The molecule has 2 N–H and O–H groups in total. The van der Waals surface area contributed by atoms with Crippen LogP contribution in [0.1, 0.15) is 21.7 Å². The van der Waals surface area contributed by atoms with Gasteiger partial charge in [0.15, 0.2) is 11.5 Å². The van der Waals surface area contributed by atoms with Crippen molar-refractivity contribution in [1.29, 1.82) is 0 Å². The van der Waals surface area contributed by atoms with Crippen molar-refractivity contribution in [3.8, 4) is 11.5 Å². The summed E-state index contributed by atoms with van der Waals surface area (Å²) in [4.78, 5) is 21.4. The van der Waals surface area contributed by atoms with E-state index in [9.17, 15) is 4.79 Å². The van der Waals surface area contributed by atoms with Gasteiger partial charge in [-0.1, -0.05) is 18.2 Å². The lowest BCUT2D eigenvalue weighted by atomic mass is 10.2. The maximum Gasteiger partial charge on any atom is 0.274 e. The van der Waals surface area contributed by atoms with Crippen molar-refractivity contribution in [2.75, 3.05) is 23.8 Å². The van der Waals surface area contributed by atoms with Gasteiger partial charge in [0.25, 0.3) is 5.91 Å². The van der Waals surface area contributed by atoms with Gasteiger partial charge in [0, 0.05) is 23.1 Å². The van der Waals surface area contributed by atoms with E-state index in [2.05, 4.69) is 20.6 Å². The molecule has 3 aromatic rings. The summed E-state index contributed by atoms with van der Waals surface area (Å²) >= 11 is 0. The topological polar surface area (TPSA) is 85.4 Å². The number of nitrogens with zero attached hydrogens (tertiary/aromatic N) is 2. The van der Waals surface area contributed by atoms with Crippen molar-refractivity contribution in [3.05, 3.63) is 65.5 Å². The van der Waals surface area contributed by atoms with Gasteiger partial charge >= 0.3 is 0 Å². The van der Waals surface area contributed by atoms with Crippen LogP contribution in [0.25, 0.3) is 0 Å². The largest absolute Gasteiger partial charge is 0.486 e. The lowest BCUT2D eigenvalue weighted by Gasteiger charge is -2.19. The Hall–Kier alpha value is -3.61. The van der Waals surface area contributed by atoms with Crippen molar-refractivity contribution in [2.45, 2.75) is 13.8 Å². The molecule has 0 saturated carbocycles. The molecule has 0 saturated heterocycles. The molecule has 0 atom stereocenters. The molecule has 142 valence electrons. The highest BCUT2D eigenvalue weighted by atomic mass is 16.6. The normalized spacial score (nSPS) is 12.4.